The molecule has 5 heteroatoms. The van der Waals surface area contributed by atoms with Gasteiger partial charge in [-0.3, -0.25) is 9.58 Å². The molecule has 0 bridgehead atoms. The summed E-state index contributed by atoms with van der Waals surface area (Å²) in [5.74, 6) is 0. The number of nitrogens with zero attached hydrogens (tertiary/aromatic N) is 4. The second kappa shape index (κ2) is 5.41. The molecule has 0 saturated carbocycles. The quantitative estimate of drug-likeness (QED) is 0.811. The standard InChI is InChI=1S/C11H21N5/c1-15-8-10(13-14-15)9-16-6-4-2-3-5-11(16)7-12/h8,11H,2-7,9,12H2,1H3. The molecule has 2 rings (SSSR count). The summed E-state index contributed by atoms with van der Waals surface area (Å²) in [4.78, 5) is 2.46. The Morgan fingerprint density at radius 1 is 1.44 bits per heavy atom. The third kappa shape index (κ3) is 2.80. The molecule has 2 N–H and O–H groups in total. The maximum Gasteiger partial charge on any atom is 0.0967 e. The van der Waals surface area contributed by atoms with Crippen molar-refractivity contribution in [3.63, 3.8) is 0 Å². The highest BCUT2D eigenvalue weighted by Gasteiger charge is 2.20. The second-order valence-corrected chi connectivity index (χ2v) is 4.59. The van der Waals surface area contributed by atoms with Crippen molar-refractivity contribution in [1.82, 2.24) is 19.9 Å². The van der Waals surface area contributed by atoms with Crippen molar-refractivity contribution in [3.8, 4) is 0 Å². The maximum atomic E-state index is 5.84. The Hall–Kier alpha value is -0.940. The first kappa shape index (κ1) is 11.5. The highest BCUT2D eigenvalue weighted by Crippen LogP contribution is 2.17. The van der Waals surface area contributed by atoms with E-state index in [0.717, 1.165) is 25.3 Å². The fourth-order valence-corrected chi connectivity index (χ4v) is 2.39. The lowest BCUT2D eigenvalue weighted by atomic mass is 10.1. The SMILES string of the molecule is Cn1cc(CN2CCCCCC2CN)nn1. The molecule has 1 aliphatic rings. The van der Waals surface area contributed by atoms with Crippen molar-refractivity contribution in [2.24, 2.45) is 12.8 Å². The van der Waals surface area contributed by atoms with Crippen molar-refractivity contribution in [2.75, 3.05) is 13.1 Å². The predicted molar refractivity (Wildman–Crippen MR) is 62.7 cm³/mol. The number of hydrogen-bond donors (Lipinski definition) is 1. The lowest BCUT2D eigenvalue weighted by Crippen LogP contribution is -2.39. The molecular formula is C11H21N5. The minimum atomic E-state index is 0.518. The summed E-state index contributed by atoms with van der Waals surface area (Å²) in [5, 5.41) is 8.10. The molecule has 0 aromatic carbocycles. The molecule has 1 atom stereocenters. The molecule has 90 valence electrons. The number of nitrogens with two attached hydrogens (primary N) is 1. The Bertz CT molecular complexity index is 322. The largest absolute Gasteiger partial charge is 0.329 e. The van der Waals surface area contributed by atoms with E-state index in [0.29, 0.717) is 6.04 Å². The summed E-state index contributed by atoms with van der Waals surface area (Å²) in [6, 6.07) is 0.518. The average Bonchev–Trinajstić information content (AvgIpc) is 2.56. The van der Waals surface area contributed by atoms with Gasteiger partial charge >= 0.3 is 0 Å². The average molecular weight is 223 g/mol. The summed E-state index contributed by atoms with van der Waals surface area (Å²) in [6.45, 7) is 2.77. The van der Waals surface area contributed by atoms with Crippen LogP contribution >= 0.6 is 0 Å². The van der Waals surface area contributed by atoms with E-state index in [-0.39, 0.29) is 0 Å². The Labute approximate surface area is 96.6 Å². The molecule has 1 aromatic heterocycles. The van der Waals surface area contributed by atoms with Gasteiger partial charge in [0.05, 0.1) is 5.69 Å². The van der Waals surface area contributed by atoms with Crippen molar-refractivity contribution >= 4 is 0 Å². The van der Waals surface area contributed by atoms with E-state index in [2.05, 4.69) is 15.2 Å². The van der Waals surface area contributed by atoms with E-state index in [1.807, 2.05) is 13.2 Å². The second-order valence-electron chi connectivity index (χ2n) is 4.59. The van der Waals surface area contributed by atoms with Crippen LogP contribution < -0.4 is 5.73 Å². The number of rotatable bonds is 3. The predicted octanol–water partition coefficient (Wildman–Crippen LogP) is 0.518. The molecule has 5 nitrogen and oxygen atoms in total. The molecule has 1 fully saturated rings. The molecule has 1 saturated heterocycles. The van der Waals surface area contributed by atoms with E-state index >= 15 is 0 Å². The smallest absolute Gasteiger partial charge is 0.0967 e. The van der Waals surface area contributed by atoms with Crippen LogP contribution in [-0.4, -0.2) is 39.0 Å². The van der Waals surface area contributed by atoms with Crippen LogP contribution in [0.2, 0.25) is 0 Å². The van der Waals surface area contributed by atoms with Crippen LogP contribution in [0.3, 0.4) is 0 Å². The fourth-order valence-electron chi connectivity index (χ4n) is 2.39. The molecule has 0 spiro atoms. The van der Waals surface area contributed by atoms with E-state index < -0.39 is 0 Å². The lowest BCUT2D eigenvalue weighted by molar-refractivity contribution is 0.193. The van der Waals surface area contributed by atoms with E-state index in [4.69, 9.17) is 5.73 Å². The van der Waals surface area contributed by atoms with Crippen LogP contribution in [0.5, 0.6) is 0 Å². The van der Waals surface area contributed by atoms with Gasteiger partial charge in [-0.2, -0.15) is 0 Å². The Kier molecular flexibility index (Phi) is 3.90. The molecule has 0 amide bonds. The highest BCUT2D eigenvalue weighted by molar-refractivity contribution is 4.93. The van der Waals surface area contributed by atoms with Gasteiger partial charge in [0.15, 0.2) is 0 Å². The van der Waals surface area contributed by atoms with Crippen molar-refractivity contribution in [2.45, 2.75) is 38.3 Å². The van der Waals surface area contributed by atoms with Crippen LogP contribution in [0.15, 0.2) is 6.20 Å². The summed E-state index contributed by atoms with van der Waals surface area (Å²) in [5.41, 5.74) is 6.88. The van der Waals surface area contributed by atoms with Crippen molar-refractivity contribution < 1.29 is 0 Å². The topological polar surface area (TPSA) is 60.0 Å². The highest BCUT2D eigenvalue weighted by atomic mass is 15.4. The van der Waals surface area contributed by atoms with E-state index in [9.17, 15) is 0 Å². The zero-order valence-electron chi connectivity index (χ0n) is 9.97. The first-order valence-corrected chi connectivity index (χ1v) is 6.09. The number of aromatic nitrogens is 3. The summed E-state index contributed by atoms with van der Waals surface area (Å²) >= 11 is 0. The van der Waals surface area contributed by atoms with Gasteiger partial charge in [0.2, 0.25) is 0 Å². The van der Waals surface area contributed by atoms with E-state index in [1.54, 1.807) is 4.68 Å². The van der Waals surface area contributed by atoms with Crippen LogP contribution in [0.25, 0.3) is 0 Å². The normalized spacial score (nSPS) is 23.2. The van der Waals surface area contributed by atoms with Crippen molar-refractivity contribution in [1.29, 1.82) is 0 Å². The fraction of sp³-hybridized carbons (Fsp3) is 0.818. The minimum Gasteiger partial charge on any atom is -0.329 e. The Morgan fingerprint density at radius 2 is 2.31 bits per heavy atom. The zero-order chi connectivity index (χ0) is 11.4. The van der Waals surface area contributed by atoms with Crippen molar-refractivity contribution in [3.05, 3.63) is 11.9 Å². The third-order valence-corrected chi connectivity index (χ3v) is 3.29. The van der Waals surface area contributed by atoms with Gasteiger partial charge < -0.3 is 5.73 Å². The number of likely N-dealkylation sites (tertiary alicyclic amines) is 1. The molecule has 1 unspecified atom stereocenters. The molecule has 1 aliphatic heterocycles. The van der Waals surface area contributed by atoms with E-state index in [1.165, 1.54) is 25.7 Å². The number of aryl methyl sites for hydroxylation is 1. The van der Waals surface area contributed by atoms with Gasteiger partial charge in [-0.25, -0.2) is 0 Å². The molecule has 1 aromatic rings. The van der Waals surface area contributed by atoms with Crippen LogP contribution in [-0.2, 0) is 13.6 Å². The van der Waals surface area contributed by atoms with Gasteiger partial charge in [0.1, 0.15) is 0 Å². The molecule has 0 aliphatic carbocycles. The monoisotopic (exact) mass is 223 g/mol. The lowest BCUT2D eigenvalue weighted by Gasteiger charge is -2.27. The van der Waals surface area contributed by atoms with Gasteiger partial charge in [0, 0.05) is 32.4 Å². The molecule has 2 heterocycles. The van der Waals surface area contributed by atoms with Gasteiger partial charge in [-0.05, 0) is 19.4 Å². The van der Waals surface area contributed by atoms with Gasteiger partial charge in [0.25, 0.3) is 0 Å². The summed E-state index contributed by atoms with van der Waals surface area (Å²) < 4.78 is 1.75. The molecular weight excluding hydrogens is 202 g/mol. The first-order chi connectivity index (χ1) is 7.79. The minimum absolute atomic E-state index is 0.518. The van der Waals surface area contributed by atoms with Crippen LogP contribution in [0.1, 0.15) is 31.4 Å². The molecule has 0 radical (unpaired) electrons. The van der Waals surface area contributed by atoms with Crippen LogP contribution in [0.4, 0.5) is 0 Å². The molecule has 16 heavy (non-hydrogen) atoms. The van der Waals surface area contributed by atoms with Gasteiger partial charge in [-0.1, -0.05) is 18.1 Å². The van der Waals surface area contributed by atoms with Crippen LogP contribution in [0, 0.1) is 0 Å². The Morgan fingerprint density at radius 3 is 3.00 bits per heavy atom. The van der Waals surface area contributed by atoms with Gasteiger partial charge in [-0.15, -0.1) is 5.10 Å². The third-order valence-electron chi connectivity index (χ3n) is 3.29. The maximum absolute atomic E-state index is 5.84. The number of hydrogen-bond acceptors (Lipinski definition) is 4. The Balaban J connectivity index is 1.99. The summed E-state index contributed by atoms with van der Waals surface area (Å²) in [7, 11) is 1.90. The first-order valence-electron chi connectivity index (χ1n) is 6.09. The zero-order valence-corrected chi connectivity index (χ0v) is 9.97. The summed E-state index contributed by atoms with van der Waals surface area (Å²) in [6.07, 6.45) is 7.11.